The van der Waals surface area contributed by atoms with Crippen molar-refractivity contribution in [1.82, 2.24) is 4.98 Å². The number of fused-ring (bicyclic) bond motifs is 2. The first-order chi connectivity index (χ1) is 11.5. The number of pyridine rings is 1. The van der Waals surface area contributed by atoms with Crippen molar-refractivity contribution < 1.29 is 9.90 Å². The number of benzene rings is 2. The van der Waals surface area contributed by atoms with Crippen molar-refractivity contribution in [2.24, 2.45) is 0 Å². The number of hydrogen-bond acceptors (Lipinski definition) is 4. The standard InChI is InChI=1S/C18H10ClNO3S/c19-10-5-6-11-12(8-10)20-18(23)15(16(11)21)17(22)14-7-9-3-1-2-4-13(9)24-14/h1-8H,(H2,20,21,23). The highest BCUT2D eigenvalue weighted by Gasteiger charge is 2.22. The first-order valence-corrected chi connectivity index (χ1v) is 8.32. The normalized spacial score (nSPS) is 11.2. The number of nitrogens with one attached hydrogen (secondary N) is 1. The molecule has 4 nitrogen and oxygen atoms in total. The van der Waals surface area contributed by atoms with E-state index in [1.54, 1.807) is 18.2 Å². The van der Waals surface area contributed by atoms with Crippen LogP contribution in [0.2, 0.25) is 5.02 Å². The van der Waals surface area contributed by atoms with Crippen molar-refractivity contribution in [1.29, 1.82) is 0 Å². The largest absolute Gasteiger partial charge is 0.506 e. The Morgan fingerprint density at radius 2 is 1.92 bits per heavy atom. The number of thiophene rings is 1. The summed E-state index contributed by atoms with van der Waals surface area (Å²) >= 11 is 7.19. The molecule has 0 spiro atoms. The van der Waals surface area contributed by atoms with Crippen LogP contribution in [-0.2, 0) is 0 Å². The van der Waals surface area contributed by atoms with Gasteiger partial charge in [-0.1, -0.05) is 29.8 Å². The number of carbonyl (C=O) groups is 1. The molecule has 0 aliphatic rings. The van der Waals surface area contributed by atoms with E-state index in [1.807, 2.05) is 24.3 Å². The monoisotopic (exact) mass is 355 g/mol. The molecule has 6 heteroatoms. The average Bonchev–Trinajstić information content (AvgIpc) is 2.98. The van der Waals surface area contributed by atoms with Gasteiger partial charge in [-0.3, -0.25) is 9.59 Å². The molecule has 0 atom stereocenters. The molecule has 0 saturated heterocycles. The summed E-state index contributed by atoms with van der Waals surface area (Å²) in [5.74, 6) is -0.820. The van der Waals surface area contributed by atoms with Gasteiger partial charge in [-0.15, -0.1) is 11.3 Å². The minimum absolute atomic E-state index is 0.253. The number of H-pyrrole nitrogens is 1. The summed E-state index contributed by atoms with van der Waals surface area (Å²) in [5, 5.41) is 12.2. The summed E-state index contributed by atoms with van der Waals surface area (Å²) in [5.41, 5.74) is -0.501. The topological polar surface area (TPSA) is 70.2 Å². The van der Waals surface area contributed by atoms with Crippen LogP contribution < -0.4 is 5.56 Å². The summed E-state index contributed by atoms with van der Waals surface area (Å²) < 4.78 is 0.948. The van der Waals surface area contributed by atoms with Gasteiger partial charge < -0.3 is 10.1 Å². The SMILES string of the molecule is O=C(c1cc2ccccc2s1)c1c(O)c2ccc(Cl)cc2[nH]c1=O. The van der Waals surface area contributed by atoms with E-state index in [-0.39, 0.29) is 11.3 Å². The minimum Gasteiger partial charge on any atom is -0.506 e. The highest BCUT2D eigenvalue weighted by molar-refractivity contribution is 7.21. The molecule has 0 fully saturated rings. The number of aromatic amines is 1. The molecule has 0 unspecified atom stereocenters. The summed E-state index contributed by atoms with van der Waals surface area (Å²) in [6.07, 6.45) is 0. The molecule has 2 aromatic carbocycles. The first-order valence-electron chi connectivity index (χ1n) is 7.12. The van der Waals surface area contributed by atoms with Crippen LogP contribution in [0.15, 0.2) is 53.3 Å². The van der Waals surface area contributed by atoms with Crippen LogP contribution in [0.5, 0.6) is 5.75 Å². The minimum atomic E-state index is -0.635. The second-order valence-corrected chi connectivity index (χ2v) is 6.87. The van der Waals surface area contributed by atoms with Gasteiger partial charge in [0.25, 0.3) is 5.56 Å². The summed E-state index contributed by atoms with van der Waals surface area (Å²) in [4.78, 5) is 28.1. The summed E-state index contributed by atoms with van der Waals surface area (Å²) in [7, 11) is 0. The quantitative estimate of drug-likeness (QED) is 0.526. The molecule has 2 aromatic heterocycles. The van der Waals surface area contributed by atoms with Crippen LogP contribution in [-0.4, -0.2) is 15.9 Å². The van der Waals surface area contributed by atoms with Crippen molar-refractivity contribution in [3.05, 3.63) is 74.3 Å². The predicted molar refractivity (Wildman–Crippen MR) is 96.5 cm³/mol. The lowest BCUT2D eigenvalue weighted by Crippen LogP contribution is -2.18. The number of halogens is 1. The maximum Gasteiger partial charge on any atom is 0.263 e. The number of rotatable bonds is 2. The fourth-order valence-electron chi connectivity index (χ4n) is 2.68. The maximum absolute atomic E-state index is 12.8. The molecular weight excluding hydrogens is 346 g/mol. The number of carbonyl (C=O) groups excluding carboxylic acids is 1. The smallest absolute Gasteiger partial charge is 0.263 e. The Balaban J connectivity index is 1.93. The van der Waals surface area contributed by atoms with E-state index in [4.69, 9.17) is 11.6 Å². The number of aromatic nitrogens is 1. The predicted octanol–water partition coefficient (Wildman–Crippen LogP) is 4.33. The molecule has 118 valence electrons. The van der Waals surface area contributed by atoms with Gasteiger partial charge in [0.2, 0.25) is 5.78 Å². The molecule has 24 heavy (non-hydrogen) atoms. The van der Waals surface area contributed by atoms with Crippen LogP contribution in [0.1, 0.15) is 15.2 Å². The van der Waals surface area contributed by atoms with Crippen LogP contribution in [0.4, 0.5) is 0 Å². The summed E-state index contributed by atoms with van der Waals surface area (Å²) in [6, 6.07) is 14.0. The molecule has 0 saturated carbocycles. The Labute approximate surface area is 144 Å². The van der Waals surface area contributed by atoms with Crippen molar-refractivity contribution in [3.8, 4) is 5.75 Å². The summed E-state index contributed by atoms with van der Waals surface area (Å²) in [6.45, 7) is 0. The van der Waals surface area contributed by atoms with Gasteiger partial charge in [0.05, 0.1) is 10.4 Å². The van der Waals surface area contributed by atoms with E-state index < -0.39 is 11.3 Å². The number of aromatic hydroxyl groups is 1. The van der Waals surface area contributed by atoms with Crippen molar-refractivity contribution in [2.75, 3.05) is 0 Å². The molecule has 4 rings (SSSR count). The molecule has 0 bridgehead atoms. The lowest BCUT2D eigenvalue weighted by Gasteiger charge is -2.06. The van der Waals surface area contributed by atoms with Gasteiger partial charge in [0, 0.05) is 15.1 Å². The molecule has 2 N–H and O–H groups in total. The maximum atomic E-state index is 12.8. The van der Waals surface area contributed by atoms with E-state index in [2.05, 4.69) is 4.98 Å². The van der Waals surface area contributed by atoms with Gasteiger partial charge in [0.15, 0.2) is 0 Å². The third kappa shape index (κ3) is 2.29. The highest BCUT2D eigenvalue weighted by Crippen LogP contribution is 2.31. The molecular formula is C18H10ClNO3S. The van der Waals surface area contributed by atoms with Crippen molar-refractivity contribution in [2.45, 2.75) is 0 Å². The van der Waals surface area contributed by atoms with Gasteiger partial charge in [-0.25, -0.2) is 0 Å². The second kappa shape index (κ2) is 5.47. The van der Waals surface area contributed by atoms with Crippen LogP contribution >= 0.6 is 22.9 Å². The first kappa shape index (κ1) is 14.9. The lowest BCUT2D eigenvalue weighted by molar-refractivity contribution is 0.103. The Bertz CT molecular complexity index is 1140. The molecule has 0 amide bonds. The van der Waals surface area contributed by atoms with Crippen LogP contribution in [0, 0.1) is 0 Å². The Kier molecular flexibility index (Phi) is 3.40. The average molecular weight is 356 g/mol. The second-order valence-electron chi connectivity index (χ2n) is 5.35. The zero-order valence-electron chi connectivity index (χ0n) is 12.2. The van der Waals surface area contributed by atoms with E-state index in [1.165, 1.54) is 17.4 Å². The molecule has 0 aliphatic carbocycles. The van der Waals surface area contributed by atoms with Crippen molar-refractivity contribution in [3.63, 3.8) is 0 Å². The molecule has 0 aliphatic heterocycles. The molecule has 0 radical (unpaired) electrons. The highest BCUT2D eigenvalue weighted by atomic mass is 35.5. The van der Waals surface area contributed by atoms with Crippen molar-refractivity contribution >= 4 is 49.7 Å². The van der Waals surface area contributed by atoms with E-state index in [0.717, 1.165) is 10.1 Å². The van der Waals surface area contributed by atoms with E-state index >= 15 is 0 Å². The fourth-order valence-corrected chi connectivity index (χ4v) is 3.86. The van der Waals surface area contributed by atoms with Gasteiger partial charge in [0.1, 0.15) is 11.3 Å². The Hall–Kier alpha value is -2.63. The zero-order chi connectivity index (χ0) is 16.8. The van der Waals surface area contributed by atoms with E-state index in [0.29, 0.717) is 20.8 Å². The van der Waals surface area contributed by atoms with Gasteiger partial charge >= 0.3 is 0 Å². The molecule has 2 heterocycles. The third-order valence-electron chi connectivity index (χ3n) is 3.83. The van der Waals surface area contributed by atoms with Crippen LogP contribution in [0.25, 0.3) is 21.0 Å². The third-order valence-corrected chi connectivity index (χ3v) is 5.18. The fraction of sp³-hybridized carbons (Fsp3) is 0. The number of ketones is 1. The Morgan fingerprint density at radius 1 is 1.12 bits per heavy atom. The van der Waals surface area contributed by atoms with Gasteiger partial charge in [-0.2, -0.15) is 0 Å². The van der Waals surface area contributed by atoms with Gasteiger partial charge in [-0.05, 0) is 35.7 Å². The zero-order valence-corrected chi connectivity index (χ0v) is 13.7. The lowest BCUT2D eigenvalue weighted by atomic mass is 10.1. The van der Waals surface area contributed by atoms with E-state index in [9.17, 15) is 14.7 Å². The number of hydrogen-bond donors (Lipinski definition) is 2. The Morgan fingerprint density at radius 3 is 2.71 bits per heavy atom. The molecule has 4 aromatic rings. The van der Waals surface area contributed by atoms with Crippen LogP contribution in [0.3, 0.4) is 0 Å².